The lowest BCUT2D eigenvalue weighted by Crippen LogP contribution is -2.39. The van der Waals surface area contributed by atoms with Crippen molar-refractivity contribution >= 4 is 15.7 Å². The van der Waals surface area contributed by atoms with Crippen LogP contribution in [0.5, 0.6) is 5.75 Å². The summed E-state index contributed by atoms with van der Waals surface area (Å²) >= 11 is 0. The number of aryl methyl sites for hydroxylation is 1. The van der Waals surface area contributed by atoms with Gasteiger partial charge in [0.15, 0.2) is 15.9 Å². The fourth-order valence-electron chi connectivity index (χ4n) is 2.81. The lowest BCUT2D eigenvalue weighted by molar-refractivity contribution is -0.128. The van der Waals surface area contributed by atoms with Crippen molar-refractivity contribution in [1.82, 2.24) is 5.32 Å². The summed E-state index contributed by atoms with van der Waals surface area (Å²) in [5.41, 5.74) is 1.93. The van der Waals surface area contributed by atoms with Crippen molar-refractivity contribution in [2.45, 2.75) is 50.7 Å². The van der Waals surface area contributed by atoms with E-state index in [1.54, 1.807) is 24.3 Å². The molecule has 2 aromatic carbocycles. The maximum absolute atomic E-state index is 12.7. The topological polar surface area (TPSA) is 72.5 Å². The first-order valence-corrected chi connectivity index (χ1v) is 11.0. The molecule has 0 saturated heterocycles. The number of rotatable bonds is 8. The average Bonchev–Trinajstić information content (AvgIpc) is 2.63. The molecule has 0 saturated carbocycles. The Kier molecular flexibility index (Phi) is 7.02. The zero-order valence-corrected chi connectivity index (χ0v) is 17.0. The normalized spacial score (nSPS) is 13.6. The van der Waals surface area contributed by atoms with Crippen LogP contribution in [0.1, 0.15) is 43.9 Å². The summed E-state index contributed by atoms with van der Waals surface area (Å²) in [6.07, 6.45) is 1.82. The molecule has 0 bridgehead atoms. The minimum absolute atomic E-state index is 0.182. The van der Waals surface area contributed by atoms with Crippen LogP contribution in [0.25, 0.3) is 0 Å². The quantitative estimate of drug-likeness (QED) is 0.745. The van der Waals surface area contributed by atoms with Crippen LogP contribution in [0.15, 0.2) is 53.4 Å². The van der Waals surface area contributed by atoms with E-state index in [9.17, 15) is 13.2 Å². The zero-order valence-electron chi connectivity index (χ0n) is 16.2. The Balaban J connectivity index is 2.10. The summed E-state index contributed by atoms with van der Waals surface area (Å²) < 4.78 is 29.1. The molecule has 2 aromatic rings. The van der Waals surface area contributed by atoms with E-state index < -0.39 is 15.9 Å². The summed E-state index contributed by atoms with van der Waals surface area (Å²) in [5.74, 6) is 0.487. The number of benzene rings is 2. The Hall–Kier alpha value is -2.34. The molecule has 0 aliphatic rings. The van der Waals surface area contributed by atoms with Gasteiger partial charge < -0.3 is 10.1 Å². The van der Waals surface area contributed by atoms with Gasteiger partial charge in [-0.3, -0.25) is 4.79 Å². The molecule has 1 N–H and O–H groups in total. The maximum atomic E-state index is 12.7. The number of ether oxygens (including phenoxy) is 1. The smallest absolute Gasteiger partial charge is 0.261 e. The maximum Gasteiger partial charge on any atom is 0.261 e. The lowest BCUT2D eigenvalue weighted by atomic mass is 10.0. The Morgan fingerprint density at radius 3 is 2.26 bits per heavy atom. The highest BCUT2D eigenvalue weighted by Crippen LogP contribution is 2.21. The summed E-state index contributed by atoms with van der Waals surface area (Å²) in [4.78, 5) is 13.0. The molecule has 2 atom stereocenters. The molecule has 146 valence electrons. The van der Waals surface area contributed by atoms with E-state index in [0.29, 0.717) is 18.6 Å². The van der Waals surface area contributed by atoms with Gasteiger partial charge in [-0.1, -0.05) is 38.1 Å². The van der Waals surface area contributed by atoms with Gasteiger partial charge in [0.1, 0.15) is 5.75 Å². The number of nitrogens with one attached hydrogen (secondary N) is 1. The van der Waals surface area contributed by atoms with E-state index in [-0.39, 0.29) is 16.8 Å². The van der Waals surface area contributed by atoms with Crippen molar-refractivity contribution in [1.29, 1.82) is 0 Å². The Labute approximate surface area is 161 Å². The van der Waals surface area contributed by atoms with Crippen LogP contribution in [-0.2, 0) is 14.6 Å². The fraction of sp³-hybridized carbons (Fsp3) is 0.381. The largest absolute Gasteiger partial charge is 0.481 e. The van der Waals surface area contributed by atoms with Crippen LogP contribution in [0, 0.1) is 6.92 Å². The van der Waals surface area contributed by atoms with Crippen molar-refractivity contribution < 1.29 is 17.9 Å². The molecule has 0 spiro atoms. The van der Waals surface area contributed by atoms with Crippen LogP contribution in [0.3, 0.4) is 0 Å². The van der Waals surface area contributed by atoms with Gasteiger partial charge in [-0.15, -0.1) is 0 Å². The Bertz CT molecular complexity index is 875. The lowest BCUT2D eigenvalue weighted by Gasteiger charge is -2.22. The minimum atomic E-state index is -3.24. The number of amides is 1. The van der Waals surface area contributed by atoms with Gasteiger partial charge in [0, 0.05) is 6.26 Å². The van der Waals surface area contributed by atoms with Crippen LogP contribution >= 0.6 is 0 Å². The van der Waals surface area contributed by atoms with Crippen molar-refractivity contribution in [3.05, 3.63) is 59.7 Å². The molecule has 2 unspecified atom stereocenters. The third kappa shape index (κ3) is 5.82. The molecule has 0 aliphatic heterocycles. The molecule has 5 nitrogen and oxygen atoms in total. The van der Waals surface area contributed by atoms with Gasteiger partial charge in [-0.25, -0.2) is 8.42 Å². The number of carbonyl (C=O) groups is 1. The van der Waals surface area contributed by atoms with E-state index in [0.717, 1.165) is 11.1 Å². The summed E-state index contributed by atoms with van der Waals surface area (Å²) in [5, 5.41) is 3.01. The number of hydrogen-bond acceptors (Lipinski definition) is 4. The second kappa shape index (κ2) is 9.04. The average molecular weight is 390 g/mol. The molecule has 0 fully saturated rings. The Morgan fingerprint density at radius 1 is 1.07 bits per heavy atom. The van der Waals surface area contributed by atoms with Gasteiger partial charge in [-0.05, 0) is 55.2 Å². The number of hydrogen-bond donors (Lipinski definition) is 1. The molecule has 0 aliphatic carbocycles. The molecule has 0 aromatic heterocycles. The van der Waals surface area contributed by atoms with E-state index >= 15 is 0 Å². The molecule has 6 heteroatoms. The third-order valence-corrected chi connectivity index (χ3v) is 5.49. The van der Waals surface area contributed by atoms with Crippen LogP contribution in [0.2, 0.25) is 0 Å². The fourth-order valence-corrected chi connectivity index (χ4v) is 3.44. The van der Waals surface area contributed by atoms with Gasteiger partial charge in [0.05, 0.1) is 10.9 Å². The predicted octanol–water partition coefficient (Wildman–Crippen LogP) is 3.82. The standard InChI is InChI=1S/C21H27NO4S/c1-5-19(16-10-12-18(13-11-16)27(4,24)25)22-21(23)20(6-2)26-17-9-7-8-15(3)14-17/h7-14,19-20H,5-6H2,1-4H3,(H,22,23). The molecule has 1 amide bonds. The third-order valence-electron chi connectivity index (χ3n) is 4.37. The summed E-state index contributed by atoms with van der Waals surface area (Å²) in [6.45, 7) is 5.85. The second-order valence-corrected chi connectivity index (χ2v) is 8.66. The zero-order chi connectivity index (χ0) is 20.0. The Morgan fingerprint density at radius 2 is 1.74 bits per heavy atom. The first-order valence-electron chi connectivity index (χ1n) is 9.08. The first-order chi connectivity index (χ1) is 12.7. The van der Waals surface area contributed by atoms with Gasteiger partial charge in [0.2, 0.25) is 0 Å². The highest BCUT2D eigenvalue weighted by molar-refractivity contribution is 7.90. The van der Waals surface area contributed by atoms with Crippen LogP contribution in [-0.4, -0.2) is 26.7 Å². The van der Waals surface area contributed by atoms with Crippen molar-refractivity contribution in [3.8, 4) is 5.75 Å². The SMILES string of the molecule is CCC(Oc1cccc(C)c1)C(=O)NC(CC)c1ccc(S(C)(=O)=O)cc1. The predicted molar refractivity (Wildman–Crippen MR) is 107 cm³/mol. The number of sulfone groups is 1. The molecular formula is C21H27NO4S. The summed E-state index contributed by atoms with van der Waals surface area (Å²) in [7, 11) is -3.24. The molecule has 0 heterocycles. The van der Waals surface area contributed by atoms with Crippen molar-refractivity contribution in [2.24, 2.45) is 0 Å². The van der Waals surface area contributed by atoms with E-state index in [1.165, 1.54) is 6.26 Å². The monoisotopic (exact) mass is 389 g/mol. The van der Waals surface area contributed by atoms with E-state index in [4.69, 9.17) is 4.74 Å². The van der Waals surface area contributed by atoms with Crippen molar-refractivity contribution in [3.63, 3.8) is 0 Å². The highest BCUT2D eigenvalue weighted by Gasteiger charge is 2.22. The van der Waals surface area contributed by atoms with Gasteiger partial charge >= 0.3 is 0 Å². The highest BCUT2D eigenvalue weighted by atomic mass is 32.2. The first kappa shape index (κ1) is 21.0. The van der Waals surface area contributed by atoms with E-state index in [2.05, 4.69) is 5.32 Å². The van der Waals surface area contributed by atoms with Crippen molar-refractivity contribution in [2.75, 3.05) is 6.26 Å². The minimum Gasteiger partial charge on any atom is -0.481 e. The molecule has 2 rings (SSSR count). The summed E-state index contributed by atoms with van der Waals surface area (Å²) in [6, 6.07) is 14.0. The van der Waals surface area contributed by atoms with Gasteiger partial charge in [0.25, 0.3) is 5.91 Å². The van der Waals surface area contributed by atoms with Crippen LogP contribution < -0.4 is 10.1 Å². The number of carbonyl (C=O) groups excluding carboxylic acids is 1. The molecule has 0 radical (unpaired) electrons. The van der Waals surface area contributed by atoms with Gasteiger partial charge in [-0.2, -0.15) is 0 Å². The second-order valence-electron chi connectivity index (χ2n) is 6.64. The molecule has 27 heavy (non-hydrogen) atoms. The van der Waals surface area contributed by atoms with Crippen LogP contribution in [0.4, 0.5) is 0 Å². The van der Waals surface area contributed by atoms with E-state index in [1.807, 2.05) is 45.0 Å². The molecular weight excluding hydrogens is 362 g/mol.